The Morgan fingerprint density at radius 2 is 1.77 bits per heavy atom. The number of halogens is 2. The van der Waals surface area contributed by atoms with Crippen LogP contribution in [0.5, 0.6) is 0 Å². The first-order valence-corrected chi connectivity index (χ1v) is 9.28. The average Bonchev–Trinajstić information content (AvgIpc) is 2.57. The van der Waals surface area contributed by atoms with Crippen molar-refractivity contribution in [3.8, 4) is 0 Å². The van der Waals surface area contributed by atoms with Gasteiger partial charge in [0.2, 0.25) is 5.91 Å². The number of carbonyl (C=O) groups excluding carboxylic acids is 1. The molecule has 0 spiro atoms. The second-order valence-corrected chi connectivity index (χ2v) is 7.56. The number of carbonyl (C=O) groups is 1. The van der Waals surface area contributed by atoms with Crippen molar-refractivity contribution in [2.75, 3.05) is 19.6 Å². The van der Waals surface area contributed by atoms with Gasteiger partial charge in [-0.3, -0.25) is 9.69 Å². The number of nitrogens with zero attached hydrogens (tertiary/aromatic N) is 1. The molecule has 4 nitrogen and oxygen atoms in total. The van der Waals surface area contributed by atoms with Crippen LogP contribution in [-0.2, 0) is 4.79 Å². The molecule has 0 radical (unpaired) electrons. The molecular weight excluding hydrogens is 369 g/mol. The summed E-state index contributed by atoms with van der Waals surface area (Å²) in [6, 6.07) is 10.0. The molecule has 1 fully saturated rings. The molecule has 6 heteroatoms. The normalized spacial score (nSPS) is 17.7. The first-order chi connectivity index (χ1) is 11.5. The number of amides is 1. The highest BCUT2D eigenvalue weighted by molar-refractivity contribution is 5.85. The van der Waals surface area contributed by atoms with Gasteiger partial charge in [-0.15, -0.1) is 24.8 Å². The number of benzene rings is 1. The summed E-state index contributed by atoms with van der Waals surface area (Å²) in [7, 11) is 0. The Morgan fingerprint density at radius 1 is 1.19 bits per heavy atom. The van der Waals surface area contributed by atoms with E-state index in [-0.39, 0.29) is 36.8 Å². The highest BCUT2D eigenvalue weighted by Gasteiger charge is 2.26. The van der Waals surface area contributed by atoms with E-state index in [4.69, 9.17) is 5.73 Å². The van der Waals surface area contributed by atoms with Gasteiger partial charge in [0.05, 0.1) is 0 Å². The lowest BCUT2D eigenvalue weighted by Crippen LogP contribution is -2.49. The fraction of sp³-hybridized carbons (Fsp3) is 0.650. The summed E-state index contributed by atoms with van der Waals surface area (Å²) in [5, 5.41) is 3.11. The monoisotopic (exact) mass is 403 g/mol. The molecule has 0 bridgehead atoms. The third kappa shape index (κ3) is 7.83. The largest absolute Gasteiger partial charge is 0.354 e. The van der Waals surface area contributed by atoms with E-state index in [1.807, 2.05) is 30.3 Å². The summed E-state index contributed by atoms with van der Waals surface area (Å²) >= 11 is 0. The Bertz CT molecular complexity index is 505. The van der Waals surface area contributed by atoms with Crippen LogP contribution in [0.3, 0.4) is 0 Å². The van der Waals surface area contributed by atoms with Gasteiger partial charge in [0.15, 0.2) is 0 Å². The topological polar surface area (TPSA) is 58.4 Å². The van der Waals surface area contributed by atoms with Gasteiger partial charge in [-0.25, -0.2) is 0 Å². The van der Waals surface area contributed by atoms with Crippen LogP contribution in [-0.4, -0.2) is 36.5 Å². The lowest BCUT2D eigenvalue weighted by molar-refractivity contribution is -0.121. The molecule has 2 unspecified atom stereocenters. The molecule has 2 rings (SSSR count). The fourth-order valence-electron chi connectivity index (χ4n) is 3.46. The molecule has 1 aromatic rings. The molecular formula is C20H35Cl2N3O. The van der Waals surface area contributed by atoms with Crippen molar-refractivity contribution in [3.63, 3.8) is 0 Å². The van der Waals surface area contributed by atoms with Crippen LogP contribution in [0, 0.1) is 11.8 Å². The Kier molecular flexibility index (Phi) is 12.2. The van der Waals surface area contributed by atoms with E-state index in [2.05, 4.69) is 31.0 Å². The van der Waals surface area contributed by atoms with Crippen molar-refractivity contribution in [2.24, 2.45) is 17.6 Å². The third-order valence-corrected chi connectivity index (χ3v) is 5.20. The molecule has 0 saturated carbocycles. The van der Waals surface area contributed by atoms with Gasteiger partial charge < -0.3 is 11.1 Å². The predicted molar refractivity (Wildman–Crippen MR) is 114 cm³/mol. The minimum atomic E-state index is -0.237. The standard InChI is InChI=1S/C20H33N3O.2ClH/c1-15(2)19(23-11-9-16(3)10-12-23)14-22-20(24)13-18(21)17-7-5-4-6-8-17;;/h4-8,15-16,18-19H,9-14,21H2,1-3H3,(H,22,24);2*1H. The maximum absolute atomic E-state index is 12.3. The van der Waals surface area contributed by atoms with Crippen molar-refractivity contribution < 1.29 is 4.79 Å². The zero-order valence-electron chi connectivity index (χ0n) is 16.2. The van der Waals surface area contributed by atoms with Crippen LogP contribution < -0.4 is 11.1 Å². The summed E-state index contributed by atoms with van der Waals surface area (Å²) in [6.07, 6.45) is 2.86. The summed E-state index contributed by atoms with van der Waals surface area (Å²) in [4.78, 5) is 14.8. The SMILES string of the molecule is CC1CCN(C(CNC(=O)CC(N)c2ccccc2)C(C)C)CC1.Cl.Cl. The summed E-state index contributed by atoms with van der Waals surface area (Å²) in [5.41, 5.74) is 7.16. The number of piperidine rings is 1. The zero-order chi connectivity index (χ0) is 17.5. The molecule has 1 aliphatic heterocycles. The molecule has 1 amide bonds. The van der Waals surface area contributed by atoms with E-state index in [1.54, 1.807) is 0 Å². The van der Waals surface area contributed by atoms with Crippen molar-refractivity contribution in [3.05, 3.63) is 35.9 Å². The molecule has 2 atom stereocenters. The number of hydrogen-bond acceptors (Lipinski definition) is 3. The van der Waals surface area contributed by atoms with E-state index in [0.29, 0.717) is 24.9 Å². The van der Waals surface area contributed by atoms with Crippen molar-refractivity contribution >= 4 is 30.7 Å². The van der Waals surface area contributed by atoms with Gasteiger partial charge in [0.1, 0.15) is 0 Å². The van der Waals surface area contributed by atoms with Crippen LogP contribution in [0.2, 0.25) is 0 Å². The quantitative estimate of drug-likeness (QED) is 0.727. The number of likely N-dealkylation sites (tertiary alicyclic amines) is 1. The minimum Gasteiger partial charge on any atom is -0.354 e. The summed E-state index contributed by atoms with van der Waals surface area (Å²) in [5.74, 6) is 1.40. The predicted octanol–water partition coefficient (Wildman–Crippen LogP) is 3.79. The van der Waals surface area contributed by atoms with Crippen LogP contribution in [0.15, 0.2) is 30.3 Å². The maximum atomic E-state index is 12.3. The van der Waals surface area contributed by atoms with Gasteiger partial charge in [-0.1, -0.05) is 51.1 Å². The smallest absolute Gasteiger partial charge is 0.221 e. The Balaban J connectivity index is 0.00000312. The molecule has 3 N–H and O–H groups in total. The Hall–Kier alpha value is -0.810. The van der Waals surface area contributed by atoms with E-state index in [0.717, 1.165) is 24.6 Å². The highest BCUT2D eigenvalue weighted by atomic mass is 35.5. The fourth-order valence-corrected chi connectivity index (χ4v) is 3.46. The van der Waals surface area contributed by atoms with Crippen LogP contribution in [0.1, 0.15) is 51.6 Å². The second kappa shape index (κ2) is 12.6. The first kappa shape index (κ1) is 25.2. The molecule has 0 aliphatic carbocycles. The highest BCUT2D eigenvalue weighted by Crippen LogP contribution is 2.21. The molecule has 150 valence electrons. The molecule has 0 aromatic heterocycles. The molecule has 1 saturated heterocycles. The van der Waals surface area contributed by atoms with Crippen molar-refractivity contribution in [2.45, 2.75) is 52.1 Å². The van der Waals surface area contributed by atoms with Gasteiger partial charge in [0, 0.05) is 25.0 Å². The van der Waals surface area contributed by atoms with E-state index < -0.39 is 0 Å². The maximum Gasteiger partial charge on any atom is 0.221 e. The van der Waals surface area contributed by atoms with Gasteiger partial charge >= 0.3 is 0 Å². The van der Waals surface area contributed by atoms with Gasteiger partial charge in [0.25, 0.3) is 0 Å². The minimum absolute atomic E-state index is 0. The summed E-state index contributed by atoms with van der Waals surface area (Å²) in [6.45, 7) is 9.81. The van der Waals surface area contributed by atoms with E-state index in [9.17, 15) is 4.79 Å². The van der Waals surface area contributed by atoms with Crippen LogP contribution in [0.25, 0.3) is 0 Å². The molecule has 26 heavy (non-hydrogen) atoms. The first-order valence-electron chi connectivity index (χ1n) is 9.28. The lowest BCUT2D eigenvalue weighted by Gasteiger charge is -2.39. The Morgan fingerprint density at radius 3 is 2.31 bits per heavy atom. The second-order valence-electron chi connectivity index (χ2n) is 7.56. The van der Waals surface area contributed by atoms with E-state index >= 15 is 0 Å². The number of hydrogen-bond donors (Lipinski definition) is 2. The Labute approximate surface area is 171 Å². The van der Waals surface area contributed by atoms with E-state index in [1.165, 1.54) is 12.8 Å². The third-order valence-electron chi connectivity index (χ3n) is 5.20. The van der Waals surface area contributed by atoms with Crippen molar-refractivity contribution in [1.29, 1.82) is 0 Å². The van der Waals surface area contributed by atoms with Crippen molar-refractivity contribution in [1.82, 2.24) is 10.2 Å². The number of nitrogens with two attached hydrogens (primary N) is 1. The summed E-state index contributed by atoms with van der Waals surface area (Å²) < 4.78 is 0. The number of rotatable bonds is 7. The van der Waals surface area contributed by atoms with Gasteiger partial charge in [-0.05, 0) is 43.3 Å². The van der Waals surface area contributed by atoms with Gasteiger partial charge in [-0.2, -0.15) is 0 Å². The molecule has 1 aromatic carbocycles. The molecule has 1 heterocycles. The molecule has 1 aliphatic rings. The zero-order valence-corrected chi connectivity index (χ0v) is 17.8. The van der Waals surface area contributed by atoms with Crippen LogP contribution >= 0.6 is 24.8 Å². The average molecular weight is 404 g/mol. The van der Waals surface area contributed by atoms with Crippen LogP contribution in [0.4, 0.5) is 0 Å². The number of nitrogens with one attached hydrogen (secondary N) is 1. The lowest BCUT2D eigenvalue weighted by atomic mass is 9.94.